The third-order valence-electron chi connectivity index (χ3n) is 4.07. The second-order valence-corrected chi connectivity index (χ2v) is 5.44. The van der Waals surface area contributed by atoms with E-state index in [1.165, 1.54) is 12.1 Å². The van der Waals surface area contributed by atoms with Crippen LogP contribution in [0.3, 0.4) is 0 Å². The van der Waals surface area contributed by atoms with Crippen molar-refractivity contribution in [2.45, 2.75) is 25.1 Å². The molecule has 0 N–H and O–H groups in total. The van der Waals surface area contributed by atoms with Gasteiger partial charge in [0.25, 0.3) is 0 Å². The summed E-state index contributed by atoms with van der Waals surface area (Å²) in [5, 5.41) is 16.8. The van der Waals surface area contributed by atoms with E-state index in [0.717, 1.165) is 18.9 Å². The lowest BCUT2D eigenvalue weighted by molar-refractivity contribution is -0.137. The SMILES string of the molecule is N#Cc1cc(N2CCC(n3ccnn3)CC2)ccc1C(F)(F)F. The molecule has 0 amide bonds. The molecule has 2 heterocycles. The molecule has 120 valence electrons. The number of halogens is 3. The van der Waals surface area contributed by atoms with Crippen LogP contribution in [0.4, 0.5) is 18.9 Å². The molecule has 0 bridgehead atoms. The average Bonchev–Trinajstić information content (AvgIpc) is 3.08. The van der Waals surface area contributed by atoms with Gasteiger partial charge < -0.3 is 4.90 Å². The summed E-state index contributed by atoms with van der Waals surface area (Å²) in [5.41, 5.74) is -0.582. The molecule has 8 heteroatoms. The summed E-state index contributed by atoms with van der Waals surface area (Å²) < 4.78 is 40.3. The number of aromatic nitrogens is 3. The highest BCUT2D eigenvalue weighted by atomic mass is 19.4. The molecule has 1 fully saturated rings. The van der Waals surface area contributed by atoms with Gasteiger partial charge in [0.2, 0.25) is 0 Å². The Balaban J connectivity index is 1.75. The lowest BCUT2D eigenvalue weighted by Gasteiger charge is -2.33. The molecular formula is C15H14F3N5. The minimum atomic E-state index is -4.51. The molecular weight excluding hydrogens is 307 g/mol. The molecule has 0 saturated carbocycles. The molecule has 1 aromatic carbocycles. The van der Waals surface area contributed by atoms with E-state index >= 15 is 0 Å². The van der Waals surface area contributed by atoms with Crippen LogP contribution in [0.2, 0.25) is 0 Å². The fourth-order valence-corrected chi connectivity index (χ4v) is 2.87. The van der Waals surface area contributed by atoms with Crippen molar-refractivity contribution in [3.8, 4) is 6.07 Å². The topological polar surface area (TPSA) is 57.7 Å². The maximum atomic E-state index is 12.8. The highest BCUT2D eigenvalue weighted by Gasteiger charge is 2.34. The quantitative estimate of drug-likeness (QED) is 0.853. The average molecular weight is 321 g/mol. The lowest BCUT2D eigenvalue weighted by Crippen LogP contribution is -2.35. The van der Waals surface area contributed by atoms with Crippen LogP contribution in [-0.4, -0.2) is 28.1 Å². The molecule has 0 atom stereocenters. The molecule has 5 nitrogen and oxygen atoms in total. The van der Waals surface area contributed by atoms with E-state index < -0.39 is 11.7 Å². The van der Waals surface area contributed by atoms with Gasteiger partial charge in [0.05, 0.1) is 29.4 Å². The first-order valence-electron chi connectivity index (χ1n) is 7.21. The minimum Gasteiger partial charge on any atom is -0.371 e. The van der Waals surface area contributed by atoms with E-state index in [0.29, 0.717) is 18.8 Å². The van der Waals surface area contributed by atoms with Crippen molar-refractivity contribution >= 4 is 5.69 Å². The monoisotopic (exact) mass is 321 g/mol. The van der Waals surface area contributed by atoms with Gasteiger partial charge in [-0.2, -0.15) is 18.4 Å². The van der Waals surface area contributed by atoms with Crippen molar-refractivity contribution in [3.05, 3.63) is 41.7 Å². The van der Waals surface area contributed by atoms with Crippen molar-refractivity contribution in [1.82, 2.24) is 15.0 Å². The Bertz CT molecular complexity index is 710. The van der Waals surface area contributed by atoms with Crippen molar-refractivity contribution in [3.63, 3.8) is 0 Å². The molecule has 2 aromatic rings. The second kappa shape index (κ2) is 5.91. The maximum Gasteiger partial charge on any atom is 0.417 e. The molecule has 1 aliphatic heterocycles. The molecule has 3 rings (SSSR count). The van der Waals surface area contributed by atoms with E-state index in [9.17, 15) is 13.2 Å². The number of rotatable bonds is 2. The van der Waals surface area contributed by atoms with Crippen molar-refractivity contribution in [2.24, 2.45) is 0 Å². The third kappa shape index (κ3) is 3.13. The van der Waals surface area contributed by atoms with Gasteiger partial charge in [-0.3, -0.25) is 0 Å². The number of nitriles is 1. The number of hydrogen-bond acceptors (Lipinski definition) is 4. The molecule has 0 spiro atoms. The van der Waals surface area contributed by atoms with E-state index in [1.807, 2.05) is 15.8 Å². The van der Waals surface area contributed by atoms with Gasteiger partial charge in [-0.05, 0) is 31.0 Å². The minimum absolute atomic E-state index is 0.249. The summed E-state index contributed by atoms with van der Waals surface area (Å²) in [7, 11) is 0. The molecule has 0 unspecified atom stereocenters. The zero-order valence-electron chi connectivity index (χ0n) is 12.2. The number of benzene rings is 1. The van der Waals surface area contributed by atoms with Crippen LogP contribution in [0.1, 0.15) is 30.0 Å². The van der Waals surface area contributed by atoms with Gasteiger partial charge in [0.15, 0.2) is 0 Å². The van der Waals surface area contributed by atoms with Crippen LogP contribution < -0.4 is 4.90 Å². The summed E-state index contributed by atoms with van der Waals surface area (Å²) in [5.74, 6) is 0. The van der Waals surface area contributed by atoms with Crippen LogP contribution in [0.25, 0.3) is 0 Å². The van der Waals surface area contributed by atoms with Gasteiger partial charge in [-0.15, -0.1) is 5.10 Å². The van der Waals surface area contributed by atoms with Gasteiger partial charge in [-0.25, -0.2) is 4.68 Å². The number of piperidine rings is 1. The second-order valence-electron chi connectivity index (χ2n) is 5.44. The van der Waals surface area contributed by atoms with Gasteiger partial charge >= 0.3 is 6.18 Å². The summed E-state index contributed by atoms with van der Waals surface area (Å²) in [6.45, 7) is 1.39. The van der Waals surface area contributed by atoms with Crippen LogP contribution in [0.5, 0.6) is 0 Å². The first-order chi connectivity index (χ1) is 11.0. The summed E-state index contributed by atoms with van der Waals surface area (Å²) in [6, 6.07) is 5.62. The van der Waals surface area contributed by atoms with Crippen LogP contribution in [-0.2, 0) is 6.18 Å². The lowest BCUT2D eigenvalue weighted by atomic mass is 10.0. The highest BCUT2D eigenvalue weighted by Crippen LogP contribution is 2.34. The number of alkyl halides is 3. The van der Waals surface area contributed by atoms with Gasteiger partial charge in [0, 0.05) is 25.0 Å². The normalized spacial score (nSPS) is 16.3. The van der Waals surface area contributed by atoms with Gasteiger partial charge in [0.1, 0.15) is 0 Å². The fourth-order valence-electron chi connectivity index (χ4n) is 2.87. The molecule has 0 radical (unpaired) electrons. The zero-order chi connectivity index (χ0) is 16.4. The van der Waals surface area contributed by atoms with Crippen LogP contribution in [0.15, 0.2) is 30.6 Å². The number of nitrogens with zero attached hydrogens (tertiary/aromatic N) is 5. The van der Waals surface area contributed by atoms with E-state index in [-0.39, 0.29) is 11.6 Å². The van der Waals surface area contributed by atoms with Crippen LogP contribution >= 0.6 is 0 Å². The number of anilines is 1. The Morgan fingerprint density at radius 1 is 1.22 bits per heavy atom. The van der Waals surface area contributed by atoms with Gasteiger partial charge in [-0.1, -0.05) is 5.21 Å². The first kappa shape index (κ1) is 15.3. The third-order valence-corrected chi connectivity index (χ3v) is 4.07. The largest absolute Gasteiger partial charge is 0.417 e. The van der Waals surface area contributed by atoms with Crippen molar-refractivity contribution in [2.75, 3.05) is 18.0 Å². The first-order valence-corrected chi connectivity index (χ1v) is 7.21. The standard InChI is InChI=1S/C15H14F3N5/c16-15(17,18)14-2-1-13(9-11(14)10-19)22-6-3-12(4-7-22)23-8-5-20-21-23/h1-2,5,8-9,12H,3-4,6-7H2. The molecule has 23 heavy (non-hydrogen) atoms. The van der Waals surface area contributed by atoms with Crippen molar-refractivity contribution < 1.29 is 13.2 Å². The maximum absolute atomic E-state index is 12.8. The molecule has 0 aliphatic carbocycles. The predicted octanol–water partition coefficient (Wildman–Crippen LogP) is 3.01. The smallest absolute Gasteiger partial charge is 0.371 e. The number of hydrogen-bond donors (Lipinski definition) is 0. The summed E-state index contributed by atoms with van der Waals surface area (Å²) in [4.78, 5) is 1.99. The predicted molar refractivity (Wildman–Crippen MR) is 76.7 cm³/mol. The molecule has 1 aliphatic rings. The van der Waals surface area contributed by atoms with E-state index in [1.54, 1.807) is 12.3 Å². The Kier molecular flexibility index (Phi) is 3.94. The zero-order valence-corrected chi connectivity index (χ0v) is 12.2. The van der Waals surface area contributed by atoms with E-state index in [4.69, 9.17) is 5.26 Å². The Hall–Kier alpha value is -2.56. The molecule has 1 saturated heterocycles. The highest BCUT2D eigenvalue weighted by molar-refractivity contribution is 5.55. The van der Waals surface area contributed by atoms with Crippen molar-refractivity contribution in [1.29, 1.82) is 5.26 Å². The molecule has 1 aromatic heterocycles. The Labute approximate surface area is 130 Å². The summed E-state index contributed by atoms with van der Waals surface area (Å²) >= 11 is 0. The fraction of sp³-hybridized carbons (Fsp3) is 0.400. The Morgan fingerprint density at radius 2 is 1.96 bits per heavy atom. The summed E-state index contributed by atoms with van der Waals surface area (Å²) in [6.07, 6.45) is 0.579. The van der Waals surface area contributed by atoms with E-state index in [2.05, 4.69) is 10.3 Å². The van der Waals surface area contributed by atoms with Crippen LogP contribution in [0, 0.1) is 11.3 Å². The Morgan fingerprint density at radius 3 is 2.52 bits per heavy atom.